The quantitative estimate of drug-likeness (QED) is 0.766. The zero-order valence-electron chi connectivity index (χ0n) is 13.6. The molecule has 3 aromatic rings. The number of fused-ring (bicyclic) bond motifs is 1. The SMILES string of the molecule is O=C(Cn1cc(S(=O)(=O)c2ccccc2)c2ccccc21)NC1CC1. The van der Waals surface area contributed by atoms with Gasteiger partial charge in [-0.25, -0.2) is 8.42 Å². The number of nitrogens with one attached hydrogen (secondary N) is 1. The summed E-state index contributed by atoms with van der Waals surface area (Å²) in [4.78, 5) is 12.6. The Morgan fingerprint density at radius 2 is 1.72 bits per heavy atom. The number of sulfone groups is 1. The van der Waals surface area contributed by atoms with Crippen molar-refractivity contribution in [3.05, 3.63) is 60.8 Å². The van der Waals surface area contributed by atoms with Gasteiger partial charge in [0.2, 0.25) is 15.7 Å². The number of hydrogen-bond acceptors (Lipinski definition) is 3. The van der Waals surface area contributed by atoms with Gasteiger partial charge in [-0.1, -0.05) is 36.4 Å². The molecule has 1 aliphatic rings. The van der Waals surface area contributed by atoms with Crippen molar-refractivity contribution < 1.29 is 13.2 Å². The monoisotopic (exact) mass is 354 g/mol. The van der Waals surface area contributed by atoms with Gasteiger partial charge in [0.25, 0.3) is 0 Å². The first kappa shape index (κ1) is 15.9. The maximum Gasteiger partial charge on any atom is 0.240 e. The molecule has 0 saturated heterocycles. The minimum absolute atomic E-state index is 0.0908. The normalized spacial score (nSPS) is 14.6. The minimum Gasteiger partial charge on any atom is -0.352 e. The number of benzene rings is 2. The summed E-state index contributed by atoms with van der Waals surface area (Å²) in [6.07, 6.45) is 3.61. The molecular formula is C19H18N2O3S. The molecule has 5 nitrogen and oxygen atoms in total. The first-order chi connectivity index (χ1) is 12.1. The Hall–Kier alpha value is -2.60. The molecule has 1 saturated carbocycles. The Morgan fingerprint density at radius 3 is 2.44 bits per heavy atom. The van der Waals surface area contributed by atoms with Gasteiger partial charge in [-0.2, -0.15) is 0 Å². The summed E-state index contributed by atoms with van der Waals surface area (Å²) in [6.45, 7) is 0.112. The van der Waals surface area contributed by atoms with Gasteiger partial charge in [0, 0.05) is 23.1 Å². The van der Waals surface area contributed by atoms with Gasteiger partial charge in [-0.3, -0.25) is 4.79 Å². The molecule has 1 heterocycles. The average Bonchev–Trinajstić information content (AvgIpc) is 3.35. The first-order valence-corrected chi connectivity index (χ1v) is 9.71. The van der Waals surface area contributed by atoms with Crippen LogP contribution in [0.25, 0.3) is 10.9 Å². The molecule has 1 aliphatic carbocycles. The maximum absolute atomic E-state index is 13.0. The Bertz CT molecular complexity index is 1030. The Morgan fingerprint density at radius 1 is 1.04 bits per heavy atom. The fraction of sp³-hybridized carbons (Fsp3) is 0.211. The van der Waals surface area contributed by atoms with Gasteiger partial charge in [-0.05, 0) is 31.0 Å². The van der Waals surface area contributed by atoms with Crippen LogP contribution in [0.15, 0.2) is 70.6 Å². The van der Waals surface area contributed by atoms with Crippen LogP contribution in [0.5, 0.6) is 0 Å². The highest BCUT2D eigenvalue weighted by molar-refractivity contribution is 7.91. The van der Waals surface area contributed by atoms with Crippen molar-refractivity contribution in [3.63, 3.8) is 0 Å². The maximum atomic E-state index is 13.0. The predicted octanol–water partition coefficient (Wildman–Crippen LogP) is 2.75. The fourth-order valence-electron chi connectivity index (χ4n) is 2.94. The summed E-state index contributed by atoms with van der Waals surface area (Å²) >= 11 is 0. The highest BCUT2D eigenvalue weighted by Gasteiger charge is 2.26. The highest BCUT2D eigenvalue weighted by atomic mass is 32.2. The molecule has 1 fully saturated rings. The molecule has 0 bridgehead atoms. The topological polar surface area (TPSA) is 68.2 Å². The number of hydrogen-bond donors (Lipinski definition) is 1. The van der Waals surface area contributed by atoms with Crippen molar-refractivity contribution in [3.8, 4) is 0 Å². The smallest absolute Gasteiger partial charge is 0.240 e. The van der Waals surface area contributed by atoms with Crippen molar-refractivity contribution in [2.24, 2.45) is 0 Å². The molecule has 25 heavy (non-hydrogen) atoms. The van der Waals surface area contributed by atoms with Crippen LogP contribution in [-0.4, -0.2) is 24.9 Å². The molecule has 4 rings (SSSR count). The van der Waals surface area contributed by atoms with Crippen molar-refractivity contribution in [2.45, 2.75) is 35.2 Å². The summed E-state index contributed by atoms with van der Waals surface area (Å²) in [7, 11) is -3.64. The van der Waals surface area contributed by atoms with E-state index in [1.165, 1.54) is 0 Å². The minimum atomic E-state index is -3.64. The molecule has 6 heteroatoms. The highest BCUT2D eigenvalue weighted by Crippen LogP contribution is 2.30. The summed E-state index contributed by atoms with van der Waals surface area (Å²) < 4.78 is 27.8. The van der Waals surface area contributed by atoms with Crippen molar-refractivity contribution in [1.82, 2.24) is 9.88 Å². The Kier molecular flexibility index (Phi) is 3.84. The lowest BCUT2D eigenvalue weighted by Gasteiger charge is -2.05. The van der Waals surface area contributed by atoms with Crippen molar-refractivity contribution in [2.75, 3.05) is 0 Å². The standard InChI is InChI=1S/C19H18N2O3S/c22-19(20-14-10-11-14)13-21-12-18(16-8-4-5-9-17(16)21)25(23,24)15-6-2-1-3-7-15/h1-9,12,14H,10-11,13H2,(H,20,22). The molecule has 128 valence electrons. The van der Waals surface area contributed by atoms with Crippen molar-refractivity contribution in [1.29, 1.82) is 0 Å². The number of aromatic nitrogens is 1. The molecule has 0 spiro atoms. The molecule has 1 N–H and O–H groups in total. The van der Waals surface area contributed by atoms with E-state index < -0.39 is 9.84 Å². The Balaban J connectivity index is 1.78. The summed E-state index contributed by atoms with van der Waals surface area (Å²) in [5.74, 6) is -0.0908. The molecule has 0 radical (unpaired) electrons. The second kappa shape index (κ2) is 6.04. The fourth-order valence-corrected chi connectivity index (χ4v) is 4.44. The first-order valence-electron chi connectivity index (χ1n) is 8.23. The molecule has 2 aromatic carbocycles. The lowest BCUT2D eigenvalue weighted by atomic mass is 10.2. The number of para-hydroxylation sites is 1. The van der Waals surface area contributed by atoms with E-state index in [-0.39, 0.29) is 28.3 Å². The van der Waals surface area contributed by atoms with Crippen LogP contribution in [0.4, 0.5) is 0 Å². The van der Waals surface area contributed by atoms with Crippen LogP contribution in [0.2, 0.25) is 0 Å². The van der Waals surface area contributed by atoms with Gasteiger partial charge in [0.05, 0.1) is 9.79 Å². The molecule has 0 atom stereocenters. The average molecular weight is 354 g/mol. The predicted molar refractivity (Wildman–Crippen MR) is 95.0 cm³/mol. The van der Waals surface area contributed by atoms with Crippen LogP contribution in [-0.2, 0) is 21.2 Å². The molecule has 1 aromatic heterocycles. The van der Waals surface area contributed by atoms with Gasteiger partial charge in [0.15, 0.2) is 0 Å². The number of carbonyl (C=O) groups excluding carboxylic acids is 1. The van der Waals surface area contributed by atoms with Crippen LogP contribution in [0, 0.1) is 0 Å². The van der Waals surface area contributed by atoms with Crippen LogP contribution < -0.4 is 5.32 Å². The summed E-state index contributed by atoms with van der Waals surface area (Å²) in [5.41, 5.74) is 0.739. The second-order valence-corrected chi connectivity index (χ2v) is 8.21. The van der Waals surface area contributed by atoms with E-state index in [9.17, 15) is 13.2 Å². The van der Waals surface area contributed by atoms with E-state index >= 15 is 0 Å². The third-order valence-corrected chi connectivity index (χ3v) is 6.15. The molecule has 1 amide bonds. The molecule has 0 unspecified atom stereocenters. The number of nitrogens with zero attached hydrogens (tertiary/aromatic N) is 1. The molecular weight excluding hydrogens is 336 g/mol. The van der Waals surface area contributed by atoms with Gasteiger partial charge < -0.3 is 9.88 Å². The van der Waals surface area contributed by atoms with Crippen molar-refractivity contribution >= 4 is 26.6 Å². The third kappa shape index (κ3) is 3.05. The van der Waals surface area contributed by atoms with Gasteiger partial charge in [-0.15, -0.1) is 0 Å². The van der Waals surface area contributed by atoms with E-state index in [2.05, 4.69) is 5.32 Å². The summed E-state index contributed by atoms with van der Waals surface area (Å²) in [5, 5.41) is 3.57. The largest absolute Gasteiger partial charge is 0.352 e. The van der Waals surface area contributed by atoms with Crippen LogP contribution >= 0.6 is 0 Å². The van der Waals surface area contributed by atoms with E-state index in [0.29, 0.717) is 5.39 Å². The van der Waals surface area contributed by atoms with E-state index in [0.717, 1.165) is 18.4 Å². The zero-order valence-corrected chi connectivity index (χ0v) is 14.4. The number of rotatable bonds is 5. The lowest BCUT2D eigenvalue weighted by Crippen LogP contribution is -2.29. The zero-order chi connectivity index (χ0) is 17.4. The molecule has 0 aliphatic heterocycles. The number of amides is 1. The third-order valence-electron chi connectivity index (χ3n) is 4.35. The van der Waals surface area contributed by atoms with Gasteiger partial charge in [0.1, 0.15) is 6.54 Å². The van der Waals surface area contributed by atoms with Crippen LogP contribution in [0.1, 0.15) is 12.8 Å². The van der Waals surface area contributed by atoms with Crippen LogP contribution in [0.3, 0.4) is 0 Å². The van der Waals surface area contributed by atoms with E-state index in [1.54, 1.807) is 53.2 Å². The summed E-state index contributed by atoms with van der Waals surface area (Å²) in [6, 6.07) is 15.9. The Labute approximate surface area is 146 Å². The van der Waals surface area contributed by atoms with Gasteiger partial charge >= 0.3 is 0 Å². The van der Waals surface area contributed by atoms with E-state index in [1.807, 2.05) is 12.1 Å². The number of carbonyl (C=O) groups is 1. The second-order valence-electron chi connectivity index (χ2n) is 6.30. The van der Waals surface area contributed by atoms with E-state index in [4.69, 9.17) is 0 Å². The lowest BCUT2D eigenvalue weighted by molar-refractivity contribution is -0.121.